The second-order valence-corrected chi connectivity index (χ2v) is 10.4. The van der Waals surface area contributed by atoms with Crippen molar-refractivity contribution in [2.45, 2.75) is 33.6 Å². The Morgan fingerprint density at radius 2 is 1.56 bits per heavy atom. The zero-order valence-electron chi connectivity index (χ0n) is 24.2. The molecule has 0 bridgehead atoms. The van der Waals surface area contributed by atoms with Crippen LogP contribution < -0.4 is 4.74 Å². The predicted molar refractivity (Wildman–Crippen MR) is 169 cm³/mol. The molecule has 7 aromatic rings. The molecule has 0 aliphatic carbocycles. The van der Waals surface area contributed by atoms with E-state index in [2.05, 4.69) is 103 Å². The molecule has 0 saturated carbocycles. The van der Waals surface area contributed by atoms with Gasteiger partial charge in [-0.15, -0.1) is 35.7 Å². The van der Waals surface area contributed by atoms with Crippen molar-refractivity contribution in [2.75, 3.05) is 0 Å². The molecule has 4 aromatic carbocycles. The van der Waals surface area contributed by atoms with Crippen LogP contribution in [-0.2, 0) is 33.3 Å². The summed E-state index contributed by atoms with van der Waals surface area (Å²) in [5, 5.41) is 7.28. The largest absolute Gasteiger partial charge is 2.00 e. The molecule has 3 aromatic heterocycles. The van der Waals surface area contributed by atoms with E-state index in [0.717, 1.165) is 63.1 Å². The quantitative estimate of drug-likeness (QED) is 0.128. The van der Waals surface area contributed by atoms with Crippen LogP contribution in [0.3, 0.4) is 0 Å². The van der Waals surface area contributed by atoms with Gasteiger partial charge in [0.1, 0.15) is 5.82 Å². The van der Waals surface area contributed by atoms with E-state index in [1.807, 2.05) is 47.3 Å². The molecule has 5 nitrogen and oxygen atoms in total. The SMILES string of the molecule is CCc1nn(-c2[c-]c(Oc3[c-]c4c(cc3)c3ccccc3n4-c3cc(C)ccn3)ccc2)c(CC)c1-c1ccccc1.[Pd+2]. The summed E-state index contributed by atoms with van der Waals surface area (Å²) in [5.74, 6) is 2.08. The number of ether oxygens (including phenoxy) is 1. The molecule has 0 amide bonds. The molecular formula is C37H30N4OPd. The zero-order chi connectivity index (χ0) is 28.6. The van der Waals surface area contributed by atoms with Crippen LogP contribution in [0.25, 0.3) is 44.4 Å². The standard InChI is InChI=1S/C37H30N4O.Pd/c1-4-32-37(26-12-7-6-8-13-26)33(5-2)41(39-32)27-14-11-15-28(23-27)42-29-18-19-31-30-16-9-10-17-34(30)40(35(31)24-29)36-22-25(3)20-21-38-36;/h6-22H,4-5H2,1-3H3;/q-2;+2. The summed E-state index contributed by atoms with van der Waals surface area (Å²) < 4.78 is 10.6. The molecule has 0 unspecified atom stereocenters. The Kier molecular flexibility index (Phi) is 7.99. The van der Waals surface area contributed by atoms with Crippen LogP contribution in [0.15, 0.2) is 103 Å². The molecule has 0 aliphatic heterocycles. The summed E-state index contributed by atoms with van der Waals surface area (Å²) in [4.78, 5) is 4.68. The predicted octanol–water partition coefficient (Wildman–Crippen LogP) is 8.85. The molecule has 214 valence electrons. The van der Waals surface area contributed by atoms with E-state index in [1.54, 1.807) is 0 Å². The molecule has 3 heterocycles. The smallest absolute Gasteiger partial charge is 0.509 e. The van der Waals surface area contributed by atoms with Crippen molar-refractivity contribution in [2.24, 2.45) is 0 Å². The maximum Gasteiger partial charge on any atom is 2.00 e. The number of aromatic nitrogens is 4. The van der Waals surface area contributed by atoms with Crippen molar-refractivity contribution in [3.8, 4) is 34.1 Å². The number of benzene rings is 4. The summed E-state index contributed by atoms with van der Waals surface area (Å²) in [7, 11) is 0. The van der Waals surface area contributed by atoms with Gasteiger partial charge in [0.25, 0.3) is 0 Å². The second-order valence-electron chi connectivity index (χ2n) is 10.4. The van der Waals surface area contributed by atoms with Gasteiger partial charge in [0.15, 0.2) is 0 Å². The van der Waals surface area contributed by atoms with Gasteiger partial charge >= 0.3 is 20.4 Å². The van der Waals surface area contributed by atoms with E-state index in [9.17, 15) is 0 Å². The van der Waals surface area contributed by atoms with Crippen LogP contribution in [-0.4, -0.2) is 19.3 Å². The fourth-order valence-electron chi connectivity index (χ4n) is 5.77. The minimum Gasteiger partial charge on any atom is -0.509 e. The number of hydrogen-bond acceptors (Lipinski definition) is 3. The number of para-hydroxylation sites is 1. The molecule has 0 aliphatic rings. The zero-order valence-corrected chi connectivity index (χ0v) is 25.8. The van der Waals surface area contributed by atoms with Crippen molar-refractivity contribution < 1.29 is 25.2 Å². The Morgan fingerprint density at radius 1 is 0.767 bits per heavy atom. The van der Waals surface area contributed by atoms with Crippen molar-refractivity contribution in [3.63, 3.8) is 0 Å². The van der Waals surface area contributed by atoms with E-state index in [-0.39, 0.29) is 20.4 Å². The number of aryl methyl sites for hydroxylation is 2. The molecule has 0 N–H and O–H groups in total. The molecule has 0 spiro atoms. The number of fused-ring (bicyclic) bond motifs is 3. The van der Waals surface area contributed by atoms with Crippen LogP contribution in [0, 0.1) is 19.1 Å². The van der Waals surface area contributed by atoms with Gasteiger partial charge in [-0.3, -0.25) is 4.68 Å². The molecule has 0 fully saturated rings. The van der Waals surface area contributed by atoms with E-state index in [0.29, 0.717) is 11.5 Å². The second kappa shape index (κ2) is 12.0. The molecule has 43 heavy (non-hydrogen) atoms. The van der Waals surface area contributed by atoms with Gasteiger partial charge in [0.05, 0.1) is 5.69 Å². The first-order chi connectivity index (χ1) is 20.6. The van der Waals surface area contributed by atoms with Gasteiger partial charge < -0.3 is 9.30 Å². The Labute approximate surface area is 265 Å². The van der Waals surface area contributed by atoms with Crippen molar-refractivity contribution in [3.05, 3.63) is 132 Å². The minimum absolute atomic E-state index is 0. The van der Waals surface area contributed by atoms with Crippen molar-refractivity contribution in [1.29, 1.82) is 0 Å². The average molecular weight is 653 g/mol. The average Bonchev–Trinajstić information content (AvgIpc) is 3.57. The fourth-order valence-corrected chi connectivity index (χ4v) is 5.77. The van der Waals surface area contributed by atoms with Crippen LogP contribution in [0.4, 0.5) is 0 Å². The first kappa shape index (κ1) is 28.6. The maximum absolute atomic E-state index is 6.39. The van der Waals surface area contributed by atoms with Gasteiger partial charge in [-0.2, -0.15) is 17.2 Å². The summed E-state index contributed by atoms with van der Waals surface area (Å²) in [6, 6.07) is 40.0. The molecule has 0 atom stereocenters. The molecule has 6 heteroatoms. The molecule has 0 saturated heterocycles. The summed E-state index contributed by atoms with van der Waals surface area (Å²) in [5.41, 5.74) is 8.63. The summed E-state index contributed by atoms with van der Waals surface area (Å²) in [6.07, 6.45) is 3.54. The van der Waals surface area contributed by atoms with Gasteiger partial charge in [-0.1, -0.05) is 67.9 Å². The topological polar surface area (TPSA) is 44.9 Å². The third kappa shape index (κ3) is 5.18. The minimum atomic E-state index is 0. The maximum atomic E-state index is 6.39. The molecule has 0 radical (unpaired) electrons. The number of rotatable bonds is 7. The van der Waals surface area contributed by atoms with Crippen molar-refractivity contribution >= 4 is 21.8 Å². The van der Waals surface area contributed by atoms with Crippen molar-refractivity contribution in [1.82, 2.24) is 19.3 Å². The Bertz CT molecular complexity index is 2060. The number of hydrogen-bond donors (Lipinski definition) is 0. The van der Waals surface area contributed by atoms with Crippen LogP contribution in [0.2, 0.25) is 0 Å². The first-order valence-corrected chi connectivity index (χ1v) is 14.4. The summed E-state index contributed by atoms with van der Waals surface area (Å²) in [6.45, 7) is 6.40. The molecule has 7 rings (SSSR count). The van der Waals surface area contributed by atoms with Gasteiger partial charge in [0, 0.05) is 34.5 Å². The van der Waals surface area contributed by atoms with Gasteiger partial charge in [0.2, 0.25) is 0 Å². The summed E-state index contributed by atoms with van der Waals surface area (Å²) >= 11 is 0. The Hall–Kier alpha value is -4.50. The van der Waals surface area contributed by atoms with Crippen LogP contribution in [0.5, 0.6) is 11.5 Å². The van der Waals surface area contributed by atoms with Gasteiger partial charge in [-0.05, 0) is 60.2 Å². The van der Waals surface area contributed by atoms with Gasteiger partial charge in [-0.25, -0.2) is 4.98 Å². The fraction of sp³-hybridized carbons (Fsp3) is 0.135. The van der Waals surface area contributed by atoms with E-state index < -0.39 is 0 Å². The Morgan fingerprint density at radius 3 is 2.35 bits per heavy atom. The van der Waals surface area contributed by atoms with E-state index >= 15 is 0 Å². The monoisotopic (exact) mass is 652 g/mol. The van der Waals surface area contributed by atoms with Crippen LogP contribution >= 0.6 is 0 Å². The Balaban J connectivity index is 0.00000329. The third-order valence-corrected chi connectivity index (χ3v) is 7.67. The van der Waals surface area contributed by atoms with E-state index in [4.69, 9.17) is 9.84 Å². The number of nitrogens with zero attached hydrogens (tertiary/aromatic N) is 4. The normalized spacial score (nSPS) is 11.1. The number of pyridine rings is 1. The first-order valence-electron chi connectivity index (χ1n) is 14.4. The third-order valence-electron chi connectivity index (χ3n) is 7.67. The van der Waals surface area contributed by atoms with E-state index in [1.165, 1.54) is 11.1 Å². The van der Waals surface area contributed by atoms with Crippen LogP contribution in [0.1, 0.15) is 30.8 Å². The molecular weight excluding hydrogens is 623 g/mol.